The predicted octanol–water partition coefficient (Wildman–Crippen LogP) is 2.35. The molecule has 1 aromatic carbocycles. The summed E-state index contributed by atoms with van der Waals surface area (Å²) in [5, 5.41) is 1.14. The van der Waals surface area contributed by atoms with Gasteiger partial charge >= 0.3 is 0 Å². The highest BCUT2D eigenvalue weighted by Crippen LogP contribution is 2.19. The predicted molar refractivity (Wildman–Crippen MR) is 78.6 cm³/mol. The molecule has 1 fully saturated rings. The maximum atomic E-state index is 12.5. The molecule has 106 valence electrons. The first-order valence-corrected chi connectivity index (χ1v) is 7.18. The number of H-pyrrole nitrogens is 1. The molecule has 2 aromatic rings. The molecular formula is C16H20N2O2. The van der Waals surface area contributed by atoms with Crippen LogP contribution in [0.4, 0.5) is 0 Å². The van der Waals surface area contributed by atoms with E-state index in [4.69, 9.17) is 4.74 Å². The maximum Gasteiger partial charge on any atom is 0.227 e. The molecule has 0 aliphatic carbocycles. The average Bonchev–Trinajstić information content (AvgIpc) is 2.72. The Bertz CT molecular complexity index is 605. The van der Waals surface area contributed by atoms with Gasteiger partial charge in [0.2, 0.25) is 5.91 Å². The summed E-state index contributed by atoms with van der Waals surface area (Å²) in [7, 11) is 0. The summed E-state index contributed by atoms with van der Waals surface area (Å²) in [6, 6.07) is 8.10. The molecule has 3 rings (SSSR count). The van der Waals surface area contributed by atoms with E-state index in [1.807, 2.05) is 36.2 Å². The fourth-order valence-corrected chi connectivity index (χ4v) is 2.77. The van der Waals surface area contributed by atoms with E-state index in [0.717, 1.165) is 36.0 Å². The third-order valence-corrected chi connectivity index (χ3v) is 3.82. The molecule has 1 N–H and O–H groups in total. The molecule has 2 heterocycles. The van der Waals surface area contributed by atoms with Gasteiger partial charge in [-0.15, -0.1) is 0 Å². The van der Waals surface area contributed by atoms with Gasteiger partial charge in [-0.2, -0.15) is 0 Å². The van der Waals surface area contributed by atoms with Gasteiger partial charge in [-0.25, -0.2) is 0 Å². The number of hydrogen-bond acceptors (Lipinski definition) is 2. The van der Waals surface area contributed by atoms with Crippen molar-refractivity contribution in [1.29, 1.82) is 0 Å². The minimum atomic E-state index is 0.129. The Labute approximate surface area is 118 Å². The molecule has 1 aromatic heterocycles. The number of benzene rings is 1. The number of nitrogens with zero attached hydrogens (tertiary/aromatic N) is 1. The largest absolute Gasteiger partial charge is 0.377 e. The number of aromatic amines is 1. The van der Waals surface area contributed by atoms with Gasteiger partial charge in [0.25, 0.3) is 0 Å². The van der Waals surface area contributed by atoms with Crippen molar-refractivity contribution in [1.82, 2.24) is 9.88 Å². The number of ether oxygens (including phenoxy) is 1. The highest BCUT2D eigenvalue weighted by molar-refractivity contribution is 5.88. The van der Waals surface area contributed by atoms with Crippen LogP contribution in [0.25, 0.3) is 10.9 Å². The topological polar surface area (TPSA) is 45.3 Å². The second-order valence-electron chi connectivity index (χ2n) is 5.41. The number of carbonyl (C=O) groups is 1. The van der Waals surface area contributed by atoms with E-state index >= 15 is 0 Å². The van der Waals surface area contributed by atoms with Crippen LogP contribution < -0.4 is 0 Å². The van der Waals surface area contributed by atoms with E-state index in [0.29, 0.717) is 13.0 Å². The molecule has 1 atom stereocenters. The molecule has 4 heteroatoms. The Morgan fingerprint density at radius 1 is 1.45 bits per heavy atom. The summed E-state index contributed by atoms with van der Waals surface area (Å²) in [6.45, 7) is 4.27. The molecule has 0 radical (unpaired) electrons. The SMILES string of the molecule is CC1CN(C(=O)Cc2c[nH]c3ccccc23)CCCO1. The number of nitrogens with one attached hydrogen (secondary N) is 1. The Morgan fingerprint density at radius 3 is 3.20 bits per heavy atom. The van der Waals surface area contributed by atoms with E-state index in [-0.39, 0.29) is 12.0 Å². The van der Waals surface area contributed by atoms with Crippen molar-refractivity contribution in [2.75, 3.05) is 19.7 Å². The number of hydrogen-bond donors (Lipinski definition) is 1. The highest BCUT2D eigenvalue weighted by atomic mass is 16.5. The summed E-state index contributed by atoms with van der Waals surface area (Å²) in [5.74, 6) is 0.187. The van der Waals surface area contributed by atoms with E-state index < -0.39 is 0 Å². The zero-order chi connectivity index (χ0) is 13.9. The first-order chi connectivity index (χ1) is 9.74. The van der Waals surface area contributed by atoms with Gasteiger partial charge in [0, 0.05) is 36.8 Å². The molecule has 20 heavy (non-hydrogen) atoms. The lowest BCUT2D eigenvalue weighted by atomic mass is 10.1. The van der Waals surface area contributed by atoms with Crippen molar-refractivity contribution in [3.8, 4) is 0 Å². The fraction of sp³-hybridized carbons (Fsp3) is 0.438. The lowest BCUT2D eigenvalue weighted by molar-refractivity contribution is -0.131. The van der Waals surface area contributed by atoms with E-state index in [2.05, 4.69) is 11.1 Å². The molecule has 4 nitrogen and oxygen atoms in total. The van der Waals surface area contributed by atoms with Crippen LogP contribution in [0.3, 0.4) is 0 Å². The molecular weight excluding hydrogens is 252 g/mol. The van der Waals surface area contributed by atoms with E-state index in [1.165, 1.54) is 0 Å². The Balaban J connectivity index is 1.75. The summed E-state index contributed by atoms with van der Waals surface area (Å²) >= 11 is 0. The summed E-state index contributed by atoms with van der Waals surface area (Å²) < 4.78 is 5.59. The molecule has 0 bridgehead atoms. The van der Waals surface area contributed by atoms with Gasteiger partial charge in [-0.3, -0.25) is 4.79 Å². The Morgan fingerprint density at radius 2 is 2.30 bits per heavy atom. The van der Waals surface area contributed by atoms with Crippen LogP contribution in [0.1, 0.15) is 18.9 Å². The smallest absolute Gasteiger partial charge is 0.227 e. The quantitative estimate of drug-likeness (QED) is 0.912. The van der Waals surface area contributed by atoms with Crippen molar-refractivity contribution < 1.29 is 9.53 Å². The second kappa shape index (κ2) is 5.67. The Hall–Kier alpha value is -1.81. The molecule has 1 aliphatic heterocycles. The van der Waals surface area contributed by atoms with E-state index in [9.17, 15) is 4.79 Å². The normalized spacial score (nSPS) is 20.1. The number of amides is 1. The van der Waals surface area contributed by atoms with Crippen molar-refractivity contribution in [2.24, 2.45) is 0 Å². The number of fused-ring (bicyclic) bond motifs is 1. The summed E-state index contributed by atoms with van der Waals surface area (Å²) in [4.78, 5) is 17.6. The van der Waals surface area contributed by atoms with Gasteiger partial charge in [-0.05, 0) is 25.0 Å². The molecule has 1 amide bonds. The zero-order valence-electron chi connectivity index (χ0n) is 11.8. The monoisotopic (exact) mass is 272 g/mol. The Kier molecular flexibility index (Phi) is 3.74. The van der Waals surface area contributed by atoms with Crippen molar-refractivity contribution >= 4 is 16.8 Å². The van der Waals surface area contributed by atoms with Gasteiger partial charge in [0.05, 0.1) is 12.5 Å². The minimum Gasteiger partial charge on any atom is -0.377 e. The third kappa shape index (κ3) is 2.70. The number of rotatable bonds is 2. The maximum absolute atomic E-state index is 12.5. The first-order valence-electron chi connectivity index (χ1n) is 7.18. The standard InChI is InChI=1S/C16H20N2O2/c1-12-11-18(7-4-8-20-12)16(19)9-13-10-17-15-6-3-2-5-14(13)15/h2-3,5-6,10,12,17H,4,7-9,11H2,1H3. The first kappa shape index (κ1) is 13.2. The highest BCUT2D eigenvalue weighted by Gasteiger charge is 2.20. The van der Waals surface area contributed by atoms with Crippen LogP contribution in [0, 0.1) is 0 Å². The van der Waals surface area contributed by atoms with Crippen LogP contribution >= 0.6 is 0 Å². The van der Waals surface area contributed by atoms with Crippen LogP contribution in [-0.2, 0) is 16.0 Å². The summed E-state index contributed by atoms with van der Waals surface area (Å²) in [6.07, 6.45) is 3.45. The zero-order valence-corrected chi connectivity index (χ0v) is 11.8. The molecule has 0 spiro atoms. The van der Waals surface area contributed by atoms with Crippen LogP contribution in [0.5, 0.6) is 0 Å². The number of aromatic nitrogens is 1. The minimum absolute atomic E-state index is 0.129. The molecule has 0 saturated carbocycles. The molecule has 1 saturated heterocycles. The van der Waals surface area contributed by atoms with Gasteiger partial charge in [0.15, 0.2) is 0 Å². The number of para-hydroxylation sites is 1. The van der Waals surface area contributed by atoms with Crippen LogP contribution in [0.2, 0.25) is 0 Å². The van der Waals surface area contributed by atoms with Gasteiger partial charge in [0.1, 0.15) is 0 Å². The lowest BCUT2D eigenvalue weighted by Gasteiger charge is -2.22. The van der Waals surface area contributed by atoms with Crippen LogP contribution in [0.15, 0.2) is 30.5 Å². The molecule has 1 unspecified atom stereocenters. The van der Waals surface area contributed by atoms with Gasteiger partial charge < -0.3 is 14.6 Å². The fourth-order valence-electron chi connectivity index (χ4n) is 2.77. The summed E-state index contributed by atoms with van der Waals surface area (Å²) in [5.41, 5.74) is 2.16. The number of carbonyl (C=O) groups excluding carboxylic acids is 1. The second-order valence-corrected chi connectivity index (χ2v) is 5.41. The van der Waals surface area contributed by atoms with Crippen molar-refractivity contribution in [3.05, 3.63) is 36.0 Å². The van der Waals surface area contributed by atoms with E-state index in [1.54, 1.807) is 0 Å². The third-order valence-electron chi connectivity index (χ3n) is 3.82. The average molecular weight is 272 g/mol. The van der Waals surface area contributed by atoms with Crippen molar-refractivity contribution in [2.45, 2.75) is 25.9 Å². The molecule has 1 aliphatic rings. The van der Waals surface area contributed by atoms with Crippen LogP contribution in [-0.4, -0.2) is 41.6 Å². The lowest BCUT2D eigenvalue weighted by Crippen LogP contribution is -2.36. The van der Waals surface area contributed by atoms with Crippen molar-refractivity contribution in [3.63, 3.8) is 0 Å². The van der Waals surface area contributed by atoms with Gasteiger partial charge in [-0.1, -0.05) is 18.2 Å².